The summed E-state index contributed by atoms with van der Waals surface area (Å²) in [5.41, 5.74) is 5.45. The Hall–Kier alpha value is -1.40. The number of methoxy groups -OCH3 is 1. The number of nitrogens with zero attached hydrogens (tertiary/aromatic N) is 3. The van der Waals surface area contributed by atoms with Gasteiger partial charge in [-0.05, 0) is 19.8 Å². The monoisotopic (exact) mass is 266 g/mol. The van der Waals surface area contributed by atoms with Crippen molar-refractivity contribution in [1.82, 2.24) is 9.97 Å². The molecule has 0 saturated carbocycles. The first kappa shape index (κ1) is 14.0. The Morgan fingerprint density at radius 1 is 1.37 bits per heavy atom. The predicted octanol–water partition coefficient (Wildman–Crippen LogP) is 0.738. The molecule has 0 unspecified atom stereocenters. The molecule has 6 heteroatoms. The molecular weight excluding hydrogens is 244 g/mol. The van der Waals surface area contributed by atoms with E-state index in [-0.39, 0.29) is 0 Å². The van der Waals surface area contributed by atoms with Gasteiger partial charge in [-0.25, -0.2) is 4.98 Å². The van der Waals surface area contributed by atoms with Gasteiger partial charge < -0.3 is 20.1 Å². The van der Waals surface area contributed by atoms with Crippen molar-refractivity contribution in [2.24, 2.45) is 5.73 Å². The molecule has 6 nitrogen and oxygen atoms in total. The van der Waals surface area contributed by atoms with Crippen LogP contribution in [0.2, 0.25) is 0 Å². The first-order valence-corrected chi connectivity index (χ1v) is 6.69. The molecule has 0 atom stereocenters. The van der Waals surface area contributed by atoms with Gasteiger partial charge in [-0.1, -0.05) is 0 Å². The lowest BCUT2D eigenvalue weighted by atomic mass is 10.1. The largest absolute Gasteiger partial charge is 0.481 e. The Labute approximate surface area is 113 Å². The maximum atomic E-state index is 5.68. The average molecular weight is 266 g/mol. The van der Waals surface area contributed by atoms with Crippen LogP contribution >= 0.6 is 0 Å². The summed E-state index contributed by atoms with van der Waals surface area (Å²) in [7, 11) is 1.62. The highest BCUT2D eigenvalue weighted by molar-refractivity contribution is 5.42. The van der Waals surface area contributed by atoms with Crippen LogP contribution in [0.3, 0.4) is 0 Å². The number of ether oxygens (including phenoxy) is 2. The lowest BCUT2D eigenvalue weighted by molar-refractivity contribution is 0.0421. The summed E-state index contributed by atoms with van der Waals surface area (Å²) in [5, 5.41) is 0. The molecule has 1 saturated heterocycles. The molecule has 106 valence electrons. The highest BCUT2D eigenvalue weighted by Crippen LogP contribution is 2.22. The van der Waals surface area contributed by atoms with E-state index in [0.29, 0.717) is 25.1 Å². The second-order valence-corrected chi connectivity index (χ2v) is 4.66. The zero-order valence-corrected chi connectivity index (χ0v) is 11.6. The van der Waals surface area contributed by atoms with Gasteiger partial charge in [0, 0.05) is 25.7 Å². The number of hydrogen-bond donors (Lipinski definition) is 1. The molecule has 1 aromatic heterocycles. The van der Waals surface area contributed by atoms with Crippen molar-refractivity contribution in [3.63, 3.8) is 0 Å². The lowest BCUT2D eigenvalue weighted by Gasteiger charge is -2.32. The predicted molar refractivity (Wildman–Crippen MR) is 73.6 cm³/mol. The maximum absolute atomic E-state index is 5.68. The molecule has 0 spiro atoms. The van der Waals surface area contributed by atoms with Crippen LogP contribution in [0.5, 0.6) is 5.88 Å². The summed E-state index contributed by atoms with van der Waals surface area (Å²) in [6.07, 6.45) is 2.33. The molecule has 2 N–H and O–H groups in total. The number of hydrogen-bond acceptors (Lipinski definition) is 6. The van der Waals surface area contributed by atoms with E-state index in [4.69, 9.17) is 15.2 Å². The summed E-state index contributed by atoms with van der Waals surface area (Å²) in [6.45, 7) is 4.99. The Kier molecular flexibility index (Phi) is 4.93. The van der Waals surface area contributed by atoms with Crippen molar-refractivity contribution >= 4 is 5.82 Å². The van der Waals surface area contributed by atoms with Gasteiger partial charge in [-0.3, -0.25) is 0 Å². The summed E-state index contributed by atoms with van der Waals surface area (Å²) >= 11 is 0. The fourth-order valence-corrected chi connectivity index (χ4v) is 2.28. The standard InChI is InChI=1S/C13H22N4O2/c1-10-15-12(9-13(16-10)18-2)17-6-3-11(4-7-17)19-8-5-14/h9,11H,3-8,14H2,1-2H3. The molecule has 19 heavy (non-hydrogen) atoms. The van der Waals surface area contributed by atoms with Gasteiger partial charge in [0.05, 0.1) is 19.8 Å². The highest BCUT2D eigenvalue weighted by Gasteiger charge is 2.21. The normalized spacial score (nSPS) is 16.7. The van der Waals surface area contributed by atoms with Crippen LogP contribution in [0.1, 0.15) is 18.7 Å². The van der Waals surface area contributed by atoms with Gasteiger partial charge in [0.25, 0.3) is 0 Å². The Morgan fingerprint density at radius 2 is 2.11 bits per heavy atom. The Bertz CT molecular complexity index is 406. The number of rotatable bonds is 5. The van der Waals surface area contributed by atoms with Gasteiger partial charge in [0.1, 0.15) is 11.6 Å². The van der Waals surface area contributed by atoms with E-state index in [1.54, 1.807) is 7.11 Å². The molecule has 1 fully saturated rings. The molecule has 0 amide bonds. The fourth-order valence-electron chi connectivity index (χ4n) is 2.28. The second-order valence-electron chi connectivity index (χ2n) is 4.66. The number of anilines is 1. The van der Waals surface area contributed by atoms with Crippen LogP contribution < -0.4 is 15.4 Å². The fraction of sp³-hybridized carbons (Fsp3) is 0.692. The van der Waals surface area contributed by atoms with E-state index in [9.17, 15) is 0 Å². The minimum Gasteiger partial charge on any atom is -0.481 e. The molecule has 1 aliphatic heterocycles. The number of nitrogens with two attached hydrogens (primary N) is 1. The van der Waals surface area contributed by atoms with E-state index < -0.39 is 0 Å². The Balaban J connectivity index is 1.95. The molecule has 0 aliphatic carbocycles. The lowest BCUT2D eigenvalue weighted by Crippen LogP contribution is -2.38. The van der Waals surface area contributed by atoms with Crippen molar-refractivity contribution < 1.29 is 9.47 Å². The smallest absolute Gasteiger partial charge is 0.218 e. The van der Waals surface area contributed by atoms with Crippen molar-refractivity contribution in [2.45, 2.75) is 25.9 Å². The summed E-state index contributed by atoms with van der Waals surface area (Å²) in [4.78, 5) is 10.9. The van der Waals surface area contributed by atoms with Crippen LogP contribution in [-0.4, -0.2) is 49.4 Å². The zero-order valence-electron chi connectivity index (χ0n) is 11.6. The summed E-state index contributed by atoms with van der Waals surface area (Å²) in [6, 6.07) is 1.88. The van der Waals surface area contributed by atoms with Crippen molar-refractivity contribution in [3.05, 3.63) is 11.9 Å². The van der Waals surface area contributed by atoms with E-state index in [2.05, 4.69) is 14.9 Å². The van der Waals surface area contributed by atoms with E-state index in [1.165, 1.54) is 0 Å². The van der Waals surface area contributed by atoms with Gasteiger partial charge in [0.2, 0.25) is 5.88 Å². The first-order valence-electron chi connectivity index (χ1n) is 6.69. The molecule has 0 aromatic carbocycles. The molecule has 2 heterocycles. The summed E-state index contributed by atoms with van der Waals surface area (Å²) in [5.74, 6) is 2.28. The third-order valence-corrected chi connectivity index (χ3v) is 3.25. The number of aryl methyl sites for hydroxylation is 1. The second kappa shape index (κ2) is 6.68. The van der Waals surface area contributed by atoms with Crippen molar-refractivity contribution in [1.29, 1.82) is 0 Å². The summed E-state index contributed by atoms with van der Waals surface area (Å²) < 4.78 is 10.9. The van der Waals surface area contributed by atoms with Crippen LogP contribution in [0.15, 0.2) is 6.07 Å². The van der Waals surface area contributed by atoms with E-state index >= 15 is 0 Å². The minimum atomic E-state index is 0.324. The number of piperidine rings is 1. The quantitative estimate of drug-likeness (QED) is 0.847. The van der Waals surface area contributed by atoms with Crippen LogP contribution in [0, 0.1) is 6.92 Å². The maximum Gasteiger partial charge on any atom is 0.218 e. The topological polar surface area (TPSA) is 73.5 Å². The van der Waals surface area contributed by atoms with Crippen molar-refractivity contribution in [2.75, 3.05) is 38.3 Å². The van der Waals surface area contributed by atoms with E-state index in [0.717, 1.165) is 37.6 Å². The molecule has 0 radical (unpaired) electrons. The zero-order chi connectivity index (χ0) is 13.7. The molecule has 1 aliphatic rings. The average Bonchev–Trinajstić information content (AvgIpc) is 2.45. The Morgan fingerprint density at radius 3 is 2.74 bits per heavy atom. The minimum absolute atomic E-state index is 0.324. The third kappa shape index (κ3) is 3.78. The van der Waals surface area contributed by atoms with Gasteiger partial charge in [-0.2, -0.15) is 4.98 Å². The SMILES string of the molecule is COc1cc(N2CCC(OCCN)CC2)nc(C)n1. The van der Waals surface area contributed by atoms with Crippen LogP contribution in [0.25, 0.3) is 0 Å². The molecular formula is C13H22N4O2. The molecule has 0 bridgehead atoms. The molecule has 1 aromatic rings. The third-order valence-electron chi connectivity index (χ3n) is 3.25. The van der Waals surface area contributed by atoms with Gasteiger partial charge >= 0.3 is 0 Å². The molecule has 2 rings (SSSR count). The highest BCUT2D eigenvalue weighted by atomic mass is 16.5. The van der Waals surface area contributed by atoms with Crippen LogP contribution in [-0.2, 0) is 4.74 Å². The van der Waals surface area contributed by atoms with Gasteiger partial charge in [-0.15, -0.1) is 0 Å². The number of aromatic nitrogens is 2. The van der Waals surface area contributed by atoms with Gasteiger partial charge in [0.15, 0.2) is 0 Å². The van der Waals surface area contributed by atoms with Crippen LogP contribution in [0.4, 0.5) is 5.82 Å². The van der Waals surface area contributed by atoms with Crippen molar-refractivity contribution in [3.8, 4) is 5.88 Å². The van der Waals surface area contributed by atoms with E-state index in [1.807, 2.05) is 13.0 Å². The first-order chi connectivity index (χ1) is 9.22.